The van der Waals surface area contributed by atoms with Crippen LogP contribution in [0, 0.1) is 5.41 Å². The van der Waals surface area contributed by atoms with Crippen LogP contribution in [0.25, 0.3) is 11.2 Å². The lowest BCUT2D eigenvalue weighted by atomic mass is 9.87. The van der Waals surface area contributed by atoms with Gasteiger partial charge in [-0.2, -0.15) is 4.31 Å². The van der Waals surface area contributed by atoms with Crippen LogP contribution < -0.4 is 16.4 Å². The summed E-state index contributed by atoms with van der Waals surface area (Å²) < 4.78 is 62.5. The number of hydrogen-bond donors (Lipinski definition) is 10. The topological polar surface area (TPSA) is 384 Å². The number of nitrogens with two attached hydrogens (primary N) is 1. The fourth-order valence-corrected chi connectivity index (χ4v) is 11.3. The van der Waals surface area contributed by atoms with Crippen molar-refractivity contribution in [3.05, 3.63) is 61.3 Å². The molecule has 0 aliphatic carbocycles. The molecule has 78 heavy (non-hydrogen) atoms. The Morgan fingerprint density at radius 2 is 1.41 bits per heavy atom. The smallest absolute Gasteiger partial charge is 0.393 e. The summed E-state index contributed by atoms with van der Waals surface area (Å²) in [6.07, 6.45) is 27.3. The molecular formula is C49H82N7O18P3S. The molecule has 3 heterocycles. The van der Waals surface area contributed by atoms with Gasteiger partial charge in [-0.3, -0.25) is 32.5 Å². The van der Waals surface area contributed by atoms with Crippen LogP contribution in [-0.2, 0) is 50.7 Å². The van der Waals surface area contributed by atoms with E-state index in [-0.39, 0.29) is 53.8 Å². The van der Waals surface area contributed by atoms with E-state index < -0.39 is 90.7 Å². The summed E-state index contributed by atoms with van der Waals surface area (Å²) in [6.45, 7) is 2.61. The first-order valence-electron chi connectivity index (χ1n) is 26.3. The van der Waals surface area contributed by atoms with Gasteiger partial charge in [-0.05, 0) is 51.4 Å². The van der Waals surface area contributed by atoms with E-state index in [9.17, 15) is 63.0 Å². The van der Waals surface area contributed by atoms with Crippen molar-refractivity contribution in [1.29, 1.82) is 0 Å². The Morgan fingerprint density at radius 3 is 2.04 bits per heavy atom. The summed E-state index contributed by atoms with van der Waals surface area (Å²) in [7, 11) is -16.5. The number of thioether (sulfide) groups is 1. The van der Waals surface area contributed by atoms with Crippen molar-refractivity contribution < 1.29 is 85.6 Å². The number of rotatable bonds is 41. The molecule has 0 bridgehead atoms. The van der Waals surface area contributed by atoms with E-state index in [0.717, 1.165) is 80.4 Å². The first-order chi connectivity index (χ1) is 36.9. The Morgan fingerprint density at radius 1 is 0.821 bits per heavy atom. The van der Waals surface area contributed by atoms with Crippen LogP contribution in [0.3, 0.4) is 0 Å². The number of anilines is 1. The van der Waals surface area contributed by atoms with Crippen molar-refractivity contribution in [3.8, 4) is 0 Å². The highest BCUT2D eigenvalue weighted by atomic mass is 32.2. The highest BCUT2D eigenvalue weighted by Crippen LogP contribution is 2.61. The minimum atomic E-state index is -5.59. The van der Waals surface area contributed by atoms with Crippen LogP contribution >= 0.6 is 35.2 Å². The molecular weight excluding hydrogens is 1100 g/mol. The number of phosphoric ester groups is 3. The zero-order chi connectivity index (χ0) is 57.6. The number of nitrogen functional groups attached to an aromatic ring is 1. The maximum absolute atomic E-state index is 12.8. The van der Waals surface area contributed by atoms with Crippen LogP contribution in [0.1, 0.15) is 143 Å². The molecule has 0 spiro atoms. The van der Waals surface area contributed by atoms with Crippen molar-refractivity contribution in [2.45, 2.75) is 173 Å². The number of allylic oxidation sites excluding steroid dienone is 8. The van der Waals surface area contributed by atoms with Gasteiger partial charge in [-0.25, -0.2) is 28.6 Å². The number of aliphatic hydroxyl groups is 3. The quantitative estimate of drug-likeness (QED) is 0.0184. The number of unbranched alkanes of at least 4 members (excludes halogenated alkanes) is 10. The Kier molecular flexibility index (Phi) is 31.8. The Balaban J connectivity index is 1.22. The number of carbonyl (C=O) groups is 3. The minimum absolute atomic E-state index is 0.0119. The maximum Gasteiger partial charge on any atom is 0.481 e. The molecule has 0 aromatic carbocycles. The van der Waals surface area contributed by atoms with Gasteiger partial charge in [0.1, 0.15) is 36.3 Å². The number of aliphatic hydroxyl groups excluding tert-OH is 3. The molecule has 2 amide bonds. The van der Waals surface area contributed by atoms with Crippen LogP contribution in [0.2, 0.25) is 0 Å². The van der Waals surface area contributed by atoms with E-state index in [2.05, 4.69) is 90.0 Å². The number of carbonyl (C=O) groups excluding carboxylic acids is 3. The third kappa shape index (κ3) is 27.8. The number of phosphoric acid groups is 3. The lowest BCUT2D eigenvalue weighted by molar-refractivity contribution is -0.137. The van der Waals surface area contributed by atoms with Crippen molar-refractivity contribution in [3.63, 3.8) is 0 Å². The molecule has 0 radical (unpaired) electrons. The van der Waals surface area contributed by atoms with E-state index in [0.29, 0.717) is 6.42 Å². The number of fused-ring (bicyclic) bond motifs is 1. The molecule has 8 atom stereocenters. The van der Waals surface area contributed by atoms with Gasteiger partial charge in [0.2, 0.25) is 11.8 Å². The van der Waals surface area contributed by atoms with E-state index in [1.54, 1.807) is 0 Å². The number of ether oxygens (including phenoxy) is 1. The molecule has 1 saturated heterocycles. The number of aromatic nitrogens is 4. The standard InChI is InChI=1S/C49H82N7O18P3S/c1-4-5-6-7-8-9-10-11-12-13-14-15-16-17-18-19-20-21-22-23-24-25-26-27-37(57)32-40(59)78-31-30-51-39(58)28-29-52-47(62)44(61)49(2,3)34-71-77(68,69)74-76(66,67)70-33-38-43(73-75(63,64)65)42(60)48(72-38)56-36-55-41-45(50)53-35-54-46(41)56/h8-9,11-12,14-15,17-18,35-38,42-44,48,57,60-61H,4-7,10,13,16,19-34H2,1-3H3,(H,51,58)(H,52,62)(H,66,67)(H,68,69)(H2,50,53,54)(H2,63,64,65)/b9-8-,12-11-,15-14-,18-17-/t37-,38-,42-,43-,44+,48-/m1/s1. The van der Waals surface area contributed by atoms with E-state index in [1.165, 1.54) is 58.8 Å². The average molecular weight is 1180 g/mol. The number of nitrogens with zero attached hydrogens (tertiary/aromatic N) is 4. The lowest BCUT2D eigenvalue weighted by Gasteiger charge is -2.30. The molecule has 1 aliphatic rings. The molecule has 1 fully saturated rings. The Bertz CT molecular complexity index is 2410. The molecule has 2 unspecified atom stereocenters. The van der Waals surface area contributed by atoms with Gasteiger partial charge in [-0.15, -0.1) is 0 Å². The van der Waals surface area contributed by atoms with Gasteiger partial charge >= 0.3 is 23.5 Å². The molecule has 0 saturated carbocycles. The SMILES string of the molecule is CCCCC/C=C\C/C=C\C/C=C\C/C=C\CCCCCCCCC[C@@H](O)CC(=O)SCCNC(=O)CCNC(=O)[C@H](O)C(C)(C)COP(=O)(O)OP(=O)(O)OC[C@H]1O[C@@H](n2cnc3c(N)ncnc32)[C@H](O)[C@@H]1OP(=O)(O)O. The second-order valence-corrected chi connectivity index (χ2v) is 24.7. The molecule has 29 heteroatoms. The van der Waals surface area contributed by atoms with Gasteiger partial charge < -0.3 is 56.0 Å². The van der Waals surface area contributed by atoms with Gasteiger partial charge in [0.15, 0.2) is 22.8 Å². The monoisotopic (exact) mass is 1180 g/mol. The van der Waals surface area contributed by atoms with Gasteiger partial charge in [0.05, 0.1) is 25.6 Å². The van der Waals surface area contributed by atoms with E-state index >= 15 is 0 Å². The molecule has 442 valence electrons. The number of nitrogens with one attached hydrogen (secondary N) is 2. The second kappa shape index (κ2) is 36.0. The second-order valence-electron chi connectivity index (χ2n) is 19.3. The number of imidazole rings is 1. The zero-order valence-electron chi connectivity index (χ0n) is 44.7. The summed E-state index contributed by atoms with van der Waals surface area (Å²) >= 11 is 0.995. The Labute approximate surface area is 460 Å². The zero-order valence-corrected chi connectivity index (χ0v) is 48.2. The minimum Gasteiger partial charge on any atom is -0.393 e. The van der Waals surface area contributed by atoms with Crippen LogP contribution in [0.4, 0.5) is 5.82 Å². The first-order valence-corrected chi connectivity index (χ1v) is 31.8. The largest absolute Gasteiger partial charge is 0.481 e. The average Bonchev–Trinajstić information content (AvgIpc) is 4.01. The molecule has 11 N–H and O–H groups in total. The molecule has 2 aromatic rings. The Hall–Kier alpha value is -3.52. The van der Waals surface area contributed by atoms with E-state index in [4.69, 9.17) is 19.5 Å². The lowest BCUT2D eigenvalue weighted by Crippen LogP contribution is -2.46. The first kappa shape index (κ1) is 68.8. The predicted octanol–water partition coefficient (Wildman–Crippen LogP) is 6.90. The van der Waals surface area contributed by atoms with Crippen molar-refractivity contribution in [1.82, 2.24) is 30.2 Å². The van der Waals surface area contributed by atoms with Crippen molar-refractivity contribution >= 4 is 69.1 Å². The van der Waals surface area contributed by atoms with Crippen LogP contribution in [0.5, 0.6) is 0 Å². The van der Waals surface area contributed by atoms with Crippen molar-refractivity contribution in [2.75, 3.05) is 37.8 Å². The summed E-state index contributed by atoms with van der Waals surface area (Å²) in [4.78, 5) is 88.7. The third-order valence-electron chi connectivity index (χ3n) is 12.0. The summed E-state index contributed by atoms with van der Waals surface area (Å²) in [5.74, 6) is -1.24. The van der Waals surface area contributed by atoms with E-state index in [1.807, 2.05) is 0 Å². The summed E-state index contributed by atoms with van der Waals surface area (Å²) in [5, 5.41) is 36.7. The third-order valence-corrected chi connectivity index (χ3v) is 16.0. The molecule has 1 aliphatic heterocycles. The molecule has 25 nitrogen and oxygen atoms in total. The number of amides is 2. The highest BCUT2D eigenvalue weighted by Gasteiger charge is 2.50. The maximum atomic E-state index is 12.8. The fraction of sp³-hybridized carbons (Fsp3) is 0.673. The van der Waals surface area contributed by atoms with Gasteiger partial charge in [0.25, 0.3) is 0 Å². The predicted molar refractivity (Wildman–Crippen MR) is 294 cm³/mol. The summed E-state index contributed by atoms with van der Waals surface area (Å²) in [5.41, 5.74) is 4.26. The summed E-state index contributed by atoms with van der Waals surface area (Å²) in [6, 6.07) is 0. The number of hydrogen-bond acceptors (Lipinski definition) is 19. The van der Waals surface area contributed by atoms with Crippen molar-refractivity contribution in [2.24, 2.45) is 5.41 Å². The van der Waals surface area contributed by atoms with Gasteiger partial charge in [0, 0.05) is 37.1 Å². The van der Waals surface area contributed by atoms with Gasteiger partial charge in [-0.1, -0.05) is 133 Å². The van der Waals surface area contributed by atoms with Crippen LogP contribution in [-0.4, -0.2) is 134 Å². The van der Waals surface area contributed by atoms with Crippen LogP contribution in [0.15, 0.2) is 61.3 Å². The molecule has 3 rings (SSSR count). The molecule has 2 aromatic heterocycles. The fourth-order valence-electron chi connectivity index (χ4n) is 7.74. The highest BCUT2D eigenvalue weighted by molar-refractivity contribution is 8.13. The normalized spacial score (nSPS) is 19.8.